The highest BCUT2D eigenvalue weighted by Crippen LogP contribution is 2.28. The summed E-state index contributed by atoms with van der Waals surface area (Å²) in [5.41, 5.74) is 0.677. The average Bonchev–Trinajstić information content (AvgIpc) is 2.98. The van der Waals surface area contributed by atoms with E-state index in [0.29, 0.717) is 17.3 Å². The van der Waals surface area contributed by atoms with E-state index in [-0.39, 0.29) is 43.4 Å². The van der Waals surface area contributed by atoms with Crippen LogP contribution in [-0.2, 0) is 14.4 Å². The van der Waals surface area contributed by atoms with Crippen LogP contribution in [0.2, 0.25) is 5.02 Å². The summed E-state index contributed by atoms with van der Waals surface area (Å²) < 4.78 is 0. The van der Waals surface area contributed by atoms with Crippen LogP contribution in [0, 0.1) is 5.92 Å². The van der Waals surface area contributed by atoms with Crippen LogP contribution < -0.4 is 4.90 Å². The molecule has 1 aliphatic carbocycles. The second-order valence-electron chi connectivity index (χ2n) is 7.28. The lowest BCUT2D eigenvalue weighted by atomic mass is 9.84. The van der Waals surface area contributed by atoms with E-state index in [1.165, 1.54) is 4.90 Å². The van der Waals surface area contributed by atoms with Gasteiger partial charge in [-0.05, 0) is 37.5 Å². The first-order valence-electron chi connectivity index (χ1n) is 9.62. The molecule has 0 bridgehead atoms. The lowest BCUT2D eigenvalue weighted by molar-refractivity contribution is -0.144. The van der Waals surface area contributed by atoms with Gasteiger partial charge in [0.2, 0.25) is 17.7 Å². The Hall–Kier alpha value is -2.08. The van der Waals surface area contributed by atoms with Crippen molar-refractivity contribution in [3.05, 3.63) is 29.3 Å². The van der Waals surface area contributed by atoms with Crippen molar-refractivity contribution in [3.63, 3.8) is 0 Å². The normalized spacial score (nSPS) is 17.2. The van der Waals surface area contributed by atoms with Crippen molar-refractivity contribution in [1.82, 2.24) is 9.80 Å². The van der Waals surface area contributed by atoms with Gasteiger partial charge in [-0.2, -0.15) is 0 Å². The SMILES string of the molecule is CCCCN(CC(=O)N1CC(=O)N(c2cccc(Cl)c2)C1)C(=O)C1CCC1. The summed E-state index contributed by atoms with van der Waals surface area (Å²) >= 11 is 6.01. The summed E-state index contributed by atoms with van der Waals surface area (Å²) in [7, 11) is 0. The molecule has 6 nitrogen and oxygen atoms in total. The molecular weight excluding hydrogens is 366 g/mol. The smallest absolute Gasteiger partial charge is 0.248 e. The number of carbonyl (C=O) groups is 3. The molecule has 3 rings (SSSR count). The third-order valence-corrected chi connectivity index (χ3v) is 5.52. The van der Waals surface area contributed by atoms with E-state index in [1.807, 2.05) is 0 Å². The molecule has 1 saturated heterocycles. The Morgan fingerprint density at radius 2 is 2.07 bits per heavy atom. The van der Waals surface area contributed by atoms with Gasteiger partial charge >= 0.3 is 0 Å². The molecule has 2 fully saturated rings. The van der Waals surface area contributed by atoms with Crippen LogP contribution in [0.3, 0.4) is 0 Å². The first-order valence-corrected chi connectivity index (χ1v) is 10.00. The Labute approximate surface area is 165 Å². The number of hydrogen-bond donors (Lipinski definition) is 0. The zero-order chi connectivity index (χ0) is 19.4. The van der Waals surface area contributed by atoms with Crippen molar-refractivity contribution in [2.75, 3.05) is 31.2 Å². The summed E-state index contributed by atoms with van der Waals surface area (Å²) in [4.78, 5) is 42.5. The van der Waals surface area contributed by atoms with Crippen LogP contribution in [0.1, 0.15) is 39.0 Å². The van der Waals surface area contributed by atoms with E-state index in [2.05, 4.69) is 6.92 Å². The molecule has 1 heterocycles. The molecule has 1 aromatic rings. The van der Waals surface area contributed by atoms with Gasteiger partial charge in [0, 0.05) is 23.2 Å². The second-order valence-corrected chi connectivity index (χ2v) is 7.71. The van der Waals surface area contributed by atoms with E-state index in [0.717, 1.165) is 32.1 Å². The molecule has 0 N–H and O–H groups in total. The molecule has 2 aliphatic rings. The zero-order valence-electron chi connectivity index (χ0n) is 15.7. The molecule has 7 heteroatoms. The number of amides is 3. The van der Waals surface area contributed by atoms with E-state index in [4.69, 9.17) is 11.6 Å². The fraction of sp³-hybridized carbons (Fsp3) is 0.550. The average molecular weight is 392 g/mol. The van der Waals surface area contributed by atoms with Crippen molar-refractivity contribution >= 4 is 35.0 Å². The van der Waals surface area contributed by atoms with Gasteiger partial charge in [-0.3, -0.25) is 19.3 Å². The van der Waals surface area contributed by atoms with E-state index < -0.39 is 0 Å². The van der Waals surface area contributed by atoms with E-state index in [9.17, 15) is 14.4 Å². The highest BCUT2D eigenvalue weighted by Gasteiger charge is 2.35. The van der Waals surface area contributed by atoms with Gasteiger partial charge in [0.15, 0.2) is 0 Å². The molecule has 0 radical (unpaired) electrons. The number of carbonyl (C=O) groups excluding carboxylic acids is 3. The van der Waals surface area contributed by atoms with E-state index >= 15 is 0 Å². The molecule has 1 saturated carbocycles. The first-order chi connectivity index (χ1) is 13.0. The van der Waals surface area contributed by atoms with Crippen molar-refractivity contribution < 1.29 is 14.4 Å². The fourth-order valence-corrected chi connectivity index (χ4v) is 3.56. The molecule has 0 unspecified atom stereocenters. The van der Waals surface area contributed by atoms with Crippen LogP contribution in [0.4, 0.5) is 5.69 Å². The largest absolute Gasteiger partial charge is 0.333 e. The number of nitrogens with zero attached hydrogens (tertiary/aromatic N) is 3. The monoisotopic (exact) mass is 391 g/mol. The van der Waals surface area contributed by atoms with Crippen LogP contribution in [0.15, 0.2) is 24.3 Å². The molecule has 1 aromatic carbocycles. The number of anilines is 1. The molecule has 0 spiro atoms. The number of hydrogen-bond acceptors (Lipinski definition) is 3. The van der Waals surface area contributed by atoms with Crippen molar-refractivity contribution in [2.45, 2.75) is 39.0 Å². The molecule has 3 amide bonds. The Morgan fingerprint density at radius 1 is 1.30 bits per heavy atom. The predicted molar refractivity (Wildman–Crippen MR) is 104 cm³/mol. The zero-order valence-corrected chi connectivity index (χ0v) is 16.5. The molecule has 27 heavy (non-hydrogen) atoms. The maximum Gasteiger partial charge on any atom is 0.248 e. The minimum atomic E-state index is -0.184. The van der Waals surface area contributed by atoms with Crippen LogP contribution in [-0.4, -0.2) is 53.8 Å². The molecule has 1 aliphatic heterocycles. The predicted octanol–water partition coefficient (Wildman–Crippen LogP) is 2.90. The van der Waals surface area contributed by atoms with Gasteiger partial charge < -0.3 is 9.80 Å². The molecule has 0 atom stereocenters. The third kappa shape index (κ3) is 4.61. The topological polar surface area (TPSA) is 60.9 Å². The van der Waals surface area contributed by atoms with E-state index in [1.54, 1.807) is 34.1 Å². The Kier molecular flexibility index (Phi) is 6.37. The van der Waals surface area contributed by atoms with Gasteiger partial charge in [0.1, 0.15) is 13.2 Å². The van der Waals surface area contributed by atoms with Crippen molar-refractivity contribution in [2.24, 2.45) is 5.92 Å². The number of rotatable bonds is 7. The highest BCUT2D eigenvalue weighted by molar-refractivity contribution is 6.31. The van der Waals surface area contributed by atoms with Gasteiger partial charge in [-0.1, -0.05) is 37.4 Å². The maximum absolute atomic E-state index is 12.8. The fourth-order valence-electron chi connectivity index (χ4n) is 3.38. The van der Waals surface area contributed by atoms with Crippen molar-refractivity contribution in [3.8, 4) is 0 Å². The Balaban J connectivity index is 1.63. The molecular formula is C20H26ClN3O3. The number of halogens is 1. The standard InChI is InChI=1S/C20H26ClN3O3/c1-2-3-10-22(20(27)15-6-4-7-15)12-18(25)23-13-19(26)24(14-23)17-9-5-8-16(21)11-17/h5,8-9,11,15H,2-4,6-7,10,12-14H2,1H3. The quantitative estimate of drug-likeness (QED) is 0.718. The van der Waals surface area contributed by atoms with Gasteiger partial charge in [-0.25, -0.2) is 0 Å². The Morgan fingerprint density at radius 3 is 2.70 bits per heavy atom. The first kappa shape index (κ1) is 19.7. The lowest BCUT2D eigenvalue weighted by Gasteiger charge is -2.32. The Bertz CT molecular complexity index is 720. The molecule has 0 aromatic heterocycles. The van der Waals surface area contributed by atoms with Gasteiger partial charge in [0.05, 0.1) is 6.54 Å². The maximum atomic E-state index is 12.8. The lowest BCUT2D eigenvalue weighted by Crippen LogP contribution is -2.46. The third-order valence-electron chi connectivity index (χ3n) is 5.29. The summed E-state index contributed by atoms with van der Waals surface area (Å²) in [6.45, 7) is 2.93. The number of unbranched alkanes of at least 4 members (excludes halogenated alkanes) is 1. The summed E-state index contributed by atoms with van der Waals surface area (Å²) in [5, 5.41) is 0.543. The minimum Gasteiger partial charge on any atom is -0.333 e. The van der Waals surface area contributed by atoms with Crippen molar-refractivity contribution in [1.29, 1.82) is 0 Å². The van der Waals surface area contributed by atoms with Crippen LogP contribution in [0.5, 0.6) is 0 Å². The highest BCUT2D eigenvalue weighted by atomic mass is 35.5. The minimum absolute atomic E-state index is 0.0323. The van der Waals surface area contributed by atoms with Gasteiger partial charge in [0.25, 0.3) is 0 Å². The van der Waals surface area contributed by atoms with Crippen LogP contribution >= 0.6 is 11.6 Å². The summed E-state index contributed by atoms with van der Waals surface area (Å²) in [5.74, 6) is -0.175. The van der Waals surface area contributed by atoms with Gasteiger partial charge in [-0.15, -0.1) is 0 Å². The molecule has 146 valence electrons. The number of benzene rings is 1. The van der Waals surface area contributed by atoms with Crippen LogP contribution in [0.25, 0.3) is 0 Å². The summed E-state index contributed by atoms with van der Waals surface area (Å²) in [6, 6.07) is 7.03. The second kappa shape index (κ2) is 8.74. The summed E-state index contributed by atoms with van der Waals surface area (Å²) in [6.07, 6.45) is 4.76.